The van der Waals surface area contributed by atoms with Crippen LogP contribution >= 0.6 is 10.0 Å². The molecule has 1 aliphatic rings. The molecular weight excluding hydrogens is 367 g/mol. The minimum Gasteiger partial charge on any atom is -0.202 e. The van der Waals surface area contributed by atoms with Gasteiger partial charge in [0.05, 0.1) is 4.90 Å². The van der Waals surface area contributed by atoms with Gasteiger partial charge in [0, 0.05) is 9.79 Å². The smallest absolute Gasteiger partial charge is 0.200 e. The molecule has 0 fully saturated rings. The zero-order chi connectivity index (χ0) is 18.6. The van der Waals surface area contributed by atoms with Crippen molar-refractivity contribution in [2.24, 2.45) is 0 Å². The summed E-state index contributed by atoms with van der Waals surface area (Å²) in [5.41, 5.74) is 1.65. The molecule has 3 aromatic rings. The van der Waals surface area contributed by atoms with Crippen molar-refractivity contribution in [1.29, 1.82) is 0 Å². The first-order chi connectivity index (χ1) is 12.4. The van der Waals surface area contributed by atoms with E-state index in [1.807, 2.05) is 12.1 Å². The standard InChI is InChI=1S/C20H13F5S/c1-26(20-18(24)16(22)15(21)17(23)19(20)25)13-8-4-2-6-11(13)10-12-7-3-5-9-14(12)26/h2-9H,10H2,1H3. The second-order valence-electron chi connectivity index (χ2n) is 6.21. The van der Waals surface area contributed by atoms with E-state index in [0.717, 1.165) is 11.1 Å². The maximum atomic E-state index is 14.7. The first-order valence-corrected chi connectivity index (χ1v) is 9.87. The van der Waals surface area contributed by atoms with Gasteiger partial charge in [-0.25, -0.2) is 22.0 Å². The summed E-state index contributed by atoms with van der Waals surface area (Å²) in [5, 5.41) is 0. The lowest BCUT2D eigenvalue weighted by molar-refractivity contribution is 0.360. The number of fused-ring (bicyclic) bond motifs is 2. The van der Waals surface area contributed by atoms with Crippen molar-refractivity contribution in [3.05, 3.63) is 88.7 Å². The van der Waals surface area contributed by atoms with Crippen LogP contribution in [0.25, 0.3) is 0 Å². The van der Waals surface area contributed by atoms with Gasteiger partial charge in [0.25, 0.3) is 0 Å². The first kappa shape index (κ1) is 17.1. The van der Waals surface area contributed by atoms with Crippen LogP contribution in [0.2, 0.25) is 0 Å². The normalized spacial score (nSPS) is 15.9. The fourth-order valence-corrected chi connectivity index (χ4v) is 7.19. The van der Waals surface area contributed by atoms with Crippen molar-refractivity contribution in [2.45, 2.75) is 21.1 Å². The highest BCUT2D eigenvalue weighted by atomic mass is 32.3. The SMILES string of the molecule is CS1(c2c(F)c(F)c(F)c(F)c2F)c2ccccc2Cc2ccccc21. The lowest BCUT2D eigenvalue weighted by Gasteiger charge is -2.43. The highest BCUT2D eigenvalue weighted by Crippen LogP contribution is 2.70. The molecule has 0 aliphatic carbocycles. The number of rotatable bonds is 1. The van der Waals surface area contributed by atoms with E-state index >= 15 is 0 Å². The second kappa shape index (κ2) is 5.84. The molecule has 0 nitrogen and oxygen atoms in total. The topological polar surface area (TPSA) is 0 Å². The summed E-state index contributed by atoms with van der Waals surface area (Å²) in [7, 11) is -2.66. The number of hydrogen-bond acceptors (Lipinski definition) is 0. The molecule has 0 amide bonds. The zero-order valence-corrected chi connectivity index (χ0v) is 14.4. The van der Waals surface area contributed by atoms with Crippen LogP contribution in [0.1, 0.15) is 11.1 Å². The van der Waals surface area contributed by atoms with Crippen molar-refractivity contribution in [3.63, 3.8) is 0 Å². The minimum atomic E-state index is -2.66. The molecule has 0 aromatic heterocycles. The van der Waals surface area contributed by atoms with Crippen LogP contribution in [0.5, 0.6) is 0 Å². The highest BCUT2D eigenvalue weighted by Gasteiger charge is 2.41. The Balaban J connectivity index is 2.16. The molecule has 0 unspecified atom stereocenters. The molecule has 0 N–H and O–H groups in total. The molecule has 0 saturated carbocycles. The molecule has 26 heavy (non-hydrogen) atoms. The van der Waals surface area contributed by atoms with Gasteiger partial charge in [-0.05, 0) is 35.9 Å². The van der Waals surface area contributed by atoms with Gasteiger partial charge in [0.15, 0.2) is 23.3 Å². The third-order valence-electron chi connectivity index (χ3n) is 4.78. The fourth-order valence-electron chi connectivity index (χ4n) is 3.58. The van der Waals surface area contributed by atoms with Crippen molar-refractivity contribution < 1.29 is 22.0 Å². The molecular formula is C20H13F5S. The van der Waals surface area contributed by atoms with Crippen molar-refractivity contribution >= 4 is 10.0 Å². The van der Waals surface area contributed by atoms with Gasteiger partial charge in [-0.2, -0.15) is 10.0 Å². The van der Waals surface area contributed by atoms with Gasteiger partial charge in [0.2, 0.25) is 5.82 Å². The van der Waals surface area contributed by atoms with Crippen LogP contribution in [-0.4, -0.2) is 6.26 Å². The Kier molecular flexibility index (Phi) is 3.84. The Morgan fingerprint density at radius 1 is 0.615 bits per heavy atom. The summed E-state index contributed by atoms with van der Waals surface area (Å²) in [6, 6.07) is 14.1. The van der Waals surface area contributed by atoms with Gasteiger partial charge in [-0.15, -0.1) is 0 Å². The predicted octanol–water partition coefficient (Wildman–Crippen LogP) is 6.20. The quantitative estimate of drug-likeness (QED) is 0.268. The van der Waals surface area contributed by atoms with E-state index in [2.05, 4.69) is 0 Å². The van der Waals surface area contributed by atoms with E-state index in [9.17, 15) is 22.0 Å². The third-order valence-corrected chi connectivity index (χ3v) is 8.51. The van der Waals surface area contributed by atoms with Crippen LogP contribution in [0.3, 0.4) is 0 Å². The van der Waals surface area contributed by atoms with Crippen molar-refractivity contribution in [2.75, 3.05) is 6.26 Å². The molecule has 1 heterocycles. The Hall–Kier alpha value is -2.34. The summed E-state index contributed by atoms with van der Waals surface area (Å²) < 4.78 is 70.9. The Morgan fingerprint density at radius 2 is 1.00 bits per heavy atom. The summed E-state index contributed by atoms with van der Waals surface area (Å²) in [6.07, 6.45) is 2.13. The molecule has 3 aromatic carbocycles. The van der Waals surface area contributed by atoms with Crippen LogP contribution in [-0.2, 0) is 6.42 Å². The molecule has 134 valence electrons. The molecule has 1 aliphatic heterocycles. The average molecular weight is 380 g/mol. The van der Waals surface area contributed by atoms with Crippen LogP contribution in [0.4, 0.5) is 22.0 Å². The molecule has 4 rings (SSSR count). The number of benzene rings is 3. The number of halogens is 5. The maximum Gasteiger partial charge on any atom is 0.200 e. The third kappa shape index (κ3) is 2.14. The predicted molar refractivity (Wildman–Crippen MR) is 90.2 cm³/mol. The van der Waals surface area contributed by atoms with E-state index in [1.165, 1.54) is 0 Å². The van der Waals surface area contributed by atoms with Crippen LogP contribution in [0, 0.1) is 29.1 Å². The monoisotopic (exact) mass is 380 g/mol. The van der Waals surface area contributed by atoms with E-state index in [1.54, 1.807) is 42.7 Å². The van der Waals surface area contributed by atoms with Gasteiger partial charge >= 0.3 is 0 Å². The van der Waals surface area contributed by atoms with Gasteiger partial charge in [0.1, 0.15) is 0 Å². The van der Waals surface area contributed by atoms with E-state index in [-0.39, 0.29) is 0 Å². The van der Waals surface area contributed by atoms with Crippen LogP contribution in [0.15, 0.2) is 63.2 Å². The maximum absolute atomic E-state index is 14.7. The zero-order valence-electron chi connectivity index (χ0n) is 13.6. The summed E-state index contributed by atoms with van der Waals surface area (Å²) >= 11 is 0. The summed E-state index contributed by atoms with van der Waals surface area (Å²) in [5.74, 6) is -9.47. The molecule has 6 heteroatoms. The van der Waals surface area contributed by atoms with Gasteiger partial charge < -0.3 is 0 Å². The average Bonchev–Trinajstić information content (AvgIpc) is 2.65. The Bertz CT molecular complexity index is 970. The molecule has 0 saturated heterocycles. The highest BCUT2D eigenvalue weighted by molar-refractivity contribution is 8.33. The number of hydrogen-bond donors (Lipinski definition) is 0. The molecule has 0 bridgehead atoms. The molecule has 0 radical (unpaired) electrons. The van der Waals surface area contributed by atoms with E-state index in [4.69, 9.17) is 0 Å². The Labute approximate surface area is 148 Å². The summed E-state index contributed by atoms with van der Waals surface area (Å²) in [6.45, 7) is 0. The molecule has 0 atom stereocenters. The first-order valence-electron chi connectivity index (χ1n) is 7.83. The van der Waals surface area contributed by atoms with Crippen molar-refractivity contribution in [1.82, 2.24) is 0 Å². The largest absolute Gasteiger partial charge is 0.202 e. The van der Waals surface area contributed by atoms with E-state index in [0.29, 0.717) is 16.2 Å². The lowest BCUT2D eigenvalue weighted by Crippen LogP contribution is -2.17. The van der Waals surface area contributed by atoms with Gasteiger partial charge in [-0.3, -0.25) is 0 Å². The van der Waals surface area contributed by atoms with E-state index < -0.39 is 44.0 Å². The van der Waals surface area contributed by atoms with Crippen LogP contribution < -0.4 is 0 Å². The Morgan fingerprint density at radius 3 is 1.46 bits per heavy atom. The summed E-state index contributed by atoms with van der Waals surface area (Å²) in [4.78, 5) is 0.484. The van der Waals surface area contributed by atoms with Gasteiger partial charge in [-0.1, -0.05) is 36.4 Å². The second-order valence-corrected chi connectivity index (χ2v) is 9.33. The molecule has 0 spiro atoms. The lowest BCUT2D eigenvalue weighted by atomic mass is 10.0. The minimum absolute atomic E-state index is 0.546. The van der Waals surface area contributed by atoms with Crippen molar-refractivity contribution in [3.8, 4) is 0 Å². The fraction of sp³-hybridized carbons (Fsp3) is 0.100.